The predicted octanol–water partition coefficient (Wildman–Crippen LogP) is 4.57. The van der Waals surface area contributed by atoms with Gasteiger partial charge in [-0.15, -0.1) is 0 Å². The lowest BCUT2D eigenvalue weighted by Gasteiger charge is -2.32. The second-order valence-electron chi connectivity index (χ2n) is 8.42. The summed E-state index contributed by atoms with van der Waals surface area (Å²) in [6.45, 7) is 7.01. The molecule has 0 aromatic heterocycles. The molecule has 0 saturated carbocycles. The molecule has 2 N–H and O–H groups in total. The fraction of sp³-hybridized carbons (Fsp3) is 0.292. The Balaban J connectivity index is 1.73. The van der Waals surface area contributed by atoms with E-state index in [1.54, 1.807) is 35.4 Å². The van der Waals surface area contributed by atoms with Gasteiger partial charge < -0.3 is 15.5 Å². The van der Waals surface area contributed by atoms with Crippen molar-refractivity contribution in [2.75, 3.05) is 10.6 Å². The molecule has 0 radical (unpaired) electrons. The standard InChI is InChI=1S/C24H27N3O3/c1-16(28)27-13-12-17-8-5-6-11-20(17)21(27)15-22(29)25-18-9-7-10-19(14-18)26-23(30)24(2,3)4/h5-14,21H,15H2,1-4H3,(H,25,29)(H,26,30)/t21-/m0/s1. The largest absolute Gasteiger partial charge is 0.326 e. The van der Waals surface area contributed by atoms with Crippen molar-refractivity contribution >= 4 is 35.2 Å². The topological polar surface area (TPSA) is 78.5 Å². The van der Waals surface area contributed by atoms with Crippen molar-refractivity contribution < 1.29 is 14.4 Å². The number of carbonyl (C=O) groups is 3. The molecule has 1 aliphatic heterocycles. The van der Waals surface area contributed by atoms with Crippen LogP contribution in [0, 0.1) is 5.41 Å². The van der Waals surface area contributed by atoms with Crippen LogP contribution >= 0.6 is 0 Å². The Morgan fingerprint density at radius 1 is 0.967 bits per heavy atom. The maximum atomic E-state index is 12.8. The maximum Gasteiger partial charge on any atom is 0.229 e. The fourth-order valence-corrected chi connectivity index (χ4v) is 3.29. The number of carbonyl (C=O) groups excluding carboxylic acids is 3. The zero-order valence-corrected chi connectivity index (χ0v) is 17.7. The van der Waals surface area contributed by atoms with Crippen molar-refractivity contribution in [1.82, 2.24) is 4.90 Å². The monoisotopic (exact) mass is 405 g/mol. The molecule has 0 bridgehead atoms. The molecule has 156 valence electrons. The van der Waals surface area contributed by atoms with Crippen LogP contribution in [0.3, 0.4) is 0 Å². The number of hydrogen-bond donors (Lipinski definition) is 2. The lowest BCUT2D eigenvalue weighted by Crippen LogP contribution is -2.33. The van der Waals surface area contributed by atoms with Gasteiger partial charge in [0.2, 0.25) is 17.7 Å². The number of nitrogens with zero attached hydrogens (tertiary/aromatic N) is 1. The highest BCUT2D eigenvalue weighted by atomic mass is 16.2. The highest BCUT2D eigenvalue weighted by Gasteiger charge is 2.28. The molecular weight excluding hydrogens is 378 g/mol. The summed E-state index contributed by atoms with van der Waals surface area (Å²) in [6.07, 6.45) is 3.73. The van der Waals surface area contributed by atoms with Crippen LogP contribution in [0.2, 0.25) is 0 Å². The van der Waals surface area contributed by atoms with Crippen molar-refractivity contribution in [1.29, 1.82) is 0 Å². The van der Waals surface area contributed by atoms with Crippen LogP contribution in [-0.2, 0) is 14.4 Å². The van der Waals surface area contributed by atoms with E-state index in [-0.39, 0.29) is 30.2 Å². The fourth-order valence-electron chi connectivity index (χ4n) is 3.29. The van der Waals surface area contributed by atoms with Crippen LogP contribution in [0.5, 0.6) is 0 Å². The average molecular weight is 405 g/mol. The van der Waals surface area contributed by atoms with Crippen LogP contribution in [0.1, 0.15) is 51.3 Å². The summed E-state index contributed by atoms with van der Waals surface area (Å²) in [5.74, 6) is -0.435. The van der Waals surface area contributed by atoms with Gasteiger partial charge in [-0.3, -0.25) is 14.4 Å². The number of anilines is 2. The Morgan fingerprint density at radius 2 is 1.63 bits per heavy atom. The first kappa shape index (κ1) is 21.3. The Labute approximate surface area is 177 Å². The first-order valence-electron chi connectivity index (χ1n) is 9.92. The van der Waals surface area contributed by atoms with Crippen molar-refractivity contribution in [3.8, 4) is 0 Å². The molecule has 1 atom stereocenters. The Kier molecular flexibility index (Phi) is 6.06. The van der Waals surface area contributed by atoms with E-state index in [1.807, 2.05) is 51.1 Å². The van der Waals surface area contributed by atoms with Crippen molar-refractivity contribution in [3.05, 3.63) is 65.9 Å². The van der Waals surface area contributed by atoms with Crippen LogP contribution in [0.4, 0.5) is 11.4 Å². The molecule has 2 aromatic rings. The quantitative estimate of drug-likeness (QED) is 0.782. The molecule has 0 aliphatic carbocycles. The van der Waals surface area contributed by atoms with Gasteiger partial charge in [0, 0.05) is 29.9 Å². The van der Waals surface area contributed by atoms with Gasteiger partial charge in [0.25, 0.3) is 0 Å². The average Bonchev–Trinajstić information content (AvgIpc) is 2.67. The van der Waals surface area contributed by atoms with Crippen LogP contribution in [-0.4, -0.2) is 22.6 Å². The Bertz CT molecular complexity index is 1000. The van der Waals surface area contributed by atoms with Gasteiger partial charge in [-0.1, -0.05) is 51.1 Å². The van der Waals surface area contributed by atoms with E-state index in [9.17, 15) is 14.4 Å². The molecular formula is C24H27N3O3. The molecule has 30 heavy (non-hydrogen) atoms. The second-order valence-corrected chi connectivity index (χ2v) is 8.42. The third-order valence-corrected chi connectivity index (χ3v) is 4.93. The first-order chi connectivity index (χ1) is 14.1. The summed E-state index contributed by atoms with van der Waals surface area (Å²) in [7, 11) is 0. The van der Waals surface area contributed by atoms with E-state index in [0.29, 0.717) is 11.4 Å². The normalized spacial score (nSPS) is 15.3. The minimum atomic E-state index is -0.517. The highest BCUT2D eigenvalue weighted by Crippen LogP contribution is 2.33. The summed E-state index contributed by atoms with van der Waals surface area (Å²) < 4.78 is 0. The van der Waals surface area contributed by atoms with Crippen LogP contribution < -0.4 is 10.6 Å². The molecule has 2 aromatic carbocycles. The molecule has 3 rings (SSSR count). The van der Waals surface area contributed by atoms with Crippen molar-refractivity contribution in [3.63, 3.8) is 0 Å². The van der Waals surface area contributed by atoms with E-state index in [2.05, 4.69) is 10.6 Å². The van der Waals surface area contributed by atoms with E-state index < -0.39 is 5.41 Å². The lowest BCUT2D eigenvalue weighted by atomic mass is 9.93. The first-order valence-corrected chi connectivity index (χ1v) is 9.92. The summed E-state index contributed by atoms with van der Waals surface area (Å²) in [4.78, 5) is 38.7. The minimum Gasteiger partial charge on any atom is -0.326 e. The van der Waals surface area contributed by atoms with Gasteiger partial charge in [0.05, 0.1) is 12.5 Å². The number of rotatable bonds is 4. The highest BCUT2D eigenvalue weighted by molar-refractivity contribution is 5.96. The number of hydrogen-bond acceptors (Lipinski definition) is 3. The van der Waals surface area contributed by atoms with Crippen molar-refractivity contribution in [2.45, 2.75) is 40.2 Å². The smallest absolute Gasteiger partial charge is 0.229 e. The molecule has 0 fully saturated rings. The number of fused-ring (bicyclic) bond motifs is 1. The molecule has 1 heterocycles. The molecule has 3 amide bonds. The number of nitrogens with one attached hydrogen (secondary N) is 2. The molecule has 0 saturated heterocycles. The van der Waals surface area contributed by atoms with E-state index in [0.717, 1.165) is 11.1 Å². The summed E-state index contributed by atoms with van der Waals surface area (Å²) >= 11 is 0. The molecule has 6 nitrogen and oxygen atoms in total. The van der Waals surface area contributed by atoms with E-state index in [4.69, 9.17) is 0 Å². The molecule has 0 unspecified atom stereocenters. The van der Waals surface area contributed by atoms with Gasteiger partial charge >= 0.3 is 0 Å². The number of benzene rings is 2. The maximum absolute atomic E-state index is 12.8. The van der Waals surface area contributed by atoms with Gasteiger partial charge in [-0.25, -0.2) is 0 Å². The third kappa shape index (κ3) is 4.95. The predicted molar refractivity (Wildman–Crippen MR) is 119 cm³/mol. The summed E-state index contributed by atoms with van der Waals surface area (Å²) in [5, 5.41) is 5.74. The third-order valence-electron chi connectivity index (χ3n) is 4.93. The van der Waals surface area contributed by atoms with Gasteiger partial charge in [-0.2, -0.15) is 0 Å². The Morgan fingerprint density at radius 3 is 2.30 bits per heavy atom. The molecule has 0 spiro atoms. The van der Waals surface area contributed by atoms with Crippen molar-refractivity contribution in [2.24, 2.45) is 5.41 Å². The second kappa shape index (κ2) is 8.53. The van der Waals surface area contributed by atoms with E-state index in [1.165, 1.54) is 6.92 Å². The van der Waals surface area contributed by atoms with Gasteiger partial charge in [0.1, 0.15) is 0 Å². The zero-order valence-electron chi connectivity index (χ0n) is 17.7. The van der Waals surface area contributed by atoms with E-state index >= 15 is 0 Å². The zero-order chi connectivity index (χ0) is 21.9. The Hall–Kier alpha value is -3.41. The SMILES string of the molecule is CC(=O)N1C=Cc2ccccc2[C@@H]1CC(=O)Nc1cccc(NC(=O)C(C)(C)C)c1. The number of amides is 3. The lowest BCUT2D eigenvalue weighted by molar-refractivity contribution is -0.129. The van der Waals surface area contributed by atoms with Crippen LogP contribution in [0.25, 0.3) is 6.08 Å². The minimum absolute atomic E-state index is 0.103. The molecule has 1 aliphatic rings. The molecule has 6 heteroatoms. The van der Waals surface area contributed by atoms with Crippen LogP contribution in [0.15, 0.2) is 54.7 Å². The summed E-state index contributed by atoms with van der Waals surface area (Å²) in [6, 6.07) is 14.4. The van der Waals surface area contributed by atoms with Gasteiger partial charge in [-0.05, 0) is 35.4 Å². The van der Waals surface area contributed by atoms with Gasteiger partial charge in [0.15, 0.2) is 0 Å². The summed E-state index contributed by atoms with van der Waals surface area (Å²) in [5.41, 5.74) is 2.62.